The molecular formula is C16H23NO2. The normalized spacial score (nSPS) is 21.9. The molecule has 1 fully saturated rings. The number of methoxy groups -OCH3 is 1. The van der Waals surface area contributed by atoms with Crippen molar-refractivity contribution in [2.24, 2.45) is 11.8 Å². The van der Waals surface area contributed by atoms with Gasteiger partial charge in [0.05, 0.1) is 12.8 Å². The first kappa shape index (κ1) is 13.9. The SMILES string of the molecule is COc1ccc(C(C)(C)C)cc1NC(=O)[C@H]1C[C@H]1C. The van der Waals surface area contributed by atoms with E-state index in [1.807, 2.05) is 18.2 Å². The summed E-state index contributed by atoms with van der Waals surface area (Å²) in [4.78, 5) is 12.0. The highest BCUT2D eigenvalue weighted by atomic mass is 16.5. The van der Waals surface area contributed by atoms with Crippen molar-refractivity contribution in [3.63, 3.8) is 0 Å². The van der Waals surface area contributed by atoms with E-state index >= 15 is 0 Å². The summed E-state index contributed by atoms with van der Waals surface area (Å²) in [5.41, 5.74) is 2.02. The molecule has 0 spiro atoms. The van der Waals surface area contributed by atoms with Gasteiger partial charge in [-0.3, -0.25) is 4.79 Å². The van der Waals surface area contributed by atoms with Gasteiger partial charge in [-0.25, -0.2) is 0 Å². The van der Waals surface area contributed by atoms with Crippen molar-refractivity contribution >= 4 is 11.6 Å². The molecule has 0 saturated heterocycles. The Morgan fingerprint density at radius 2 is 2.00 bits per heavy atom. The van der Waals surface area contributed by atoms with Gasteiger partial charge in [-0.15, -0.1) is 0 Å². The second-order valence-corrected chi connectivity index (χ2v) is 6.47. The van der Waals surface area contributed by atoms with Crippen molar-refractivity contribution in [3.8, 4) is 5.75 Å². The van der Waals surface area contributed by atoms with E-state index in [0.29, 0.717) is 5.92 Å². The van der Waals surface area contributed by atoms with Crippen molar-refractivity contribution in [2.45, 2.75) is 39.5 Å². The van der Waals surface area contributed by atoms with E-state index < -0.39 is 0 Å². The molecule has 1 aliphatic rings. The average molecular weight is 261 g/mol. The number of hydrogen-bond acceptors (Lipinski definition) is 2. The first-order valence-electron chi connectivity index (χ1n) is 6.82. The lowest BCUT2D eigenvalue weighted by molar-refractivity contribution is -0.117. The standard InChI is InChI=1S/C16H23NO2/c1-10-8-12(10)15(18)17-13-9-11(16(2,3)4)6-7-14(13)19-5/h6-7,9-10,12H,8H2,1-5H3,(H,17,18)/t10-,12+/m1/s1. The highest BCUT2D eigenvalue weighted by Gasteiger charge is 2.39. The molecule has 0 aromatic heterocycles. The molecular weight excluding hydrogens is 238 g/mol. The van der Waals surface area contributed by atoms with Gasteiger partial charge < -0.3 is 10.1 Å². The summed E-state index contributed by atoms with van der Waals surface area (Å²) in [6.07, 6.45) is 0.993. The van der Waals surface area contributed by atoms with E-state index in [1.165, 1.54) is 5.56 Å². The maximum absolute atomic E-state index is 12.0. The minimum Gasteiger partial charge on any atom is -0.495 e. The molecule has 0 heterocycles. The molecule has 0 bridgehead atoms. The first-order valence-corrected chi connectivity index (χ1v) is 6.82. The van der Waals surface area contributed by atoms with Gasteiger partial charge in [-0.1, -0.05) is 33.8 Å². The zero-order valence-corrected chi connectivity index (χ0v) is 12.4. The number of hydrogen-bond donors (Lipinski definition) is 1. The van der Waals surface area contributed by atoms with Crippen LogP contribution in [0.5, 0.6) is 5.75 Å². The van der Waals surface area contributed by atoms with Gasteiger partial charge in [-0.05, 0) is 35.4 Å². The topological polar surface area (TPSA) is 38.3 Å². The second-order valence-electron chi connectivity index (χ2n) is 6.47. The van der Waals surface area contributed by atoms with Crippen LogP contribution in [0, 0.1) is 11.8 Å². The second kappa shape index (κ2) is 4.87. The van der Waals surface area contributed by atoms with Crippen LogP contribution in [-0.4, -0.2) is 13.0 Å². The molecule has 19 heavy (non-hydrogen) atoms. The minimum atomic E-state index is 0.0542. The van der Waals surface area contributed by atoms with Crippen LogP contribution in [-0.2, 0) is 10.2 Å². The van der Waals surface area contributed by atoms with Crippen LogP contribution in [0.2, 0.25) is 0 Å². The van der Waals surface area contributed by atoms with Crippen LogP contribution in [0.25, 0.3) is 0 Å². The fraction of sp³-hybridized carbons (Fsp3) is 0.562. The van der Waals surface area contributed by atoms with Crippen LogP contribution in [0.1, 0.15) is 39.7 Å². The van der Waals surface area contributed by atoms with E-state index in [1.54, 1.807) is 7.11 Å². The van der Waals surface area contributed by atoms with Crippen molar-refractivity contribution in [1.82, 2.24) is 0 Å². The van der Waals surface area contributed by atoms with Crippen molar-refractivity contribution in [3.05, 3.63) is 23.8 Å². The van der Waals surface area contributed by atoms with Crippen LogP contribution in [0.3, 0.4) is 0 Å². The molecule has 0 radical (unpaired) electrons. The average Bonchev–Trinajstić information content (AvgIpc) is 3.05. The smallest absolute Gasteiger partial charge is 0.227 e. The molecule has 1 amide bonds. The number of carbonyl (C=O) groups excluding carboxylic acids is 1. The molecule has 104 valence electrons. The quantitative estimate of drug-likeness (QED) is 0.903. The fourth-order valence-corrected chi connectivity index (χ4v) is 2.19. The maximum atomic E-state index is 12.0. The fourth-order valence-electron chi connectivity index (χ4n) is 2.19. The van der Waals surface area contributed by atoms with E-state index in [9.17, 15) is 4.79 Å². The molecule has 1 aromatic rings. The molecule has 3 nitrogen and oxygen atoms in total. The van der Waals surface area contributed by atoms with Crippen molar-refractivity contribution < 1.29 is 9.53 Å². The van der Waals surface area contributed by atoms with E-state index in [0.717, 1.165) is 17.9 Å². The molecule has 1 aliphatic carbocycles. The van der Waals surface area contributed by atoms with E-state index in [-0.39, 0.29) is 17.2 Å². The molecule has 1 saturated carbocycles. The maximum Gasteiger partial charge on any atom is 0.227 e. The lowest BCUT2D eigenvalue weighted by atomic mass is 9.87. The third kappa shape index (κ3) is 3.09. The Kier molecular flexibility index (Phi) is 3.57. The number of ether oxygens (including phenoxy) is 1. The summed E-state index contributed by atoms with van der Waals surface area (Å²) < 4.78 is 5.33. The van der Waals surface area contributed by atoms with Gasteiger partial charge in [0.1, 0.15) is 5.75 Å². The first-order chi connectivity index (χ1) is 8.82. The van der Waals surface area contributed by atoms with Crippen molar-refractivity contribution in [2.75, 3.05) is 12.4 Å². The van der Waals surface area contributed by atoms with Crippen LogP contribution >= 0.6 is 0 Å². The van der Waals surface area contributed by atoms with Crippen LogP contribution in [0.4, 0.5) is 5.69 Å². The predicted molar refractivity (Wildman–Crippen MR) is 77.6 cm³/mol. The third-order valence-corrected chi connectivity index (χ3v) is 3.77. The molecule has 2 rings (SSSR count). The number of nitrogens with one attached hydrogen (secondary N) is 1. The Hall–Kier alpha value is -1.51. The van der Waals surface area contributed by atoms with E-state index in [2.05, 4.69) is 33.0 Å². The molecule has 2 atom stereocenters. The van der Waals surface area contributed by atoms with Gasteiger partial charge in [-0.2, -0.15) is 0 Å². The predicted octanol–water partition coefficient (Wildman–Crippen LogP) is 3.59. The molecule has 1 N–H and O–H groups in total. The Bertz CT molecular complexity index is 488. The molecule has 1 aromatic carbocycles. The van der Waals surface area contributed by atoms with Crippen LogP contribution < -0.4 is 10.1 Å². The zero-order chi connectivity index (χ0) is 14.2. The summed E-state index contributed by atoms with van der Waals surface area (Å²) in [6, 6.07) is 5.99. The van der Waals surface area contributed by atoms with Crippen molar-refractivity contribution in [1.29, 1.82) is 0 Å². The highest BCUT2D eigenvalue weighted by molar-refractivity contribution is 5.95. The monoisotopic (exact) mass is 261 g/mol. The summed E-state index contributed by atoms with van der Waals surface area (Å²) in [7, 11) is 1.63. The number of rotatable bonds is 3. The van der Waals surface area contributed by atoms with Gasteiger partial charge in [0.15, 0.2) is 0 Å². The number of amides is 1. The van der Waals surface area contributed by atoms with Gasteiger partial charge >= 0.3 is 0 Å². The largest absolute Gasteiger partial charge is 0.495 e. The number of anilines is 1. The molecule has 0 aliphatic heterocycles. The van der Waals surface area contributed by atoms with Gasteiger partial charge in [0.25, 0.3) is 0 Å². The zero-order valence-electron chi connectivity index (χ0n) is 12.4. The summed E-state index contributed by atoms with van der Waals surface area (Å²) >= 11 is 0. The van der Waals surface area contributed by atoms with Gasteiger partial charge in [0, 0.05) is 5.92 Å². The molecule has 3 heteroatoms. The Balaban J connectivity index is 2.23. The van der Waals surface area contributed by atoms with Crippen LogP contribution in [0.15, 0.2) is 18.2 Å². The minimum absolute atomic E-state index is 0.0542. The number of benzene rings is 1. The Morgan fingerprint density at radius 3 is 2.47 bits per heavy atom. The summed E-state index contributed by atoms with van der Waals surface area (Å²) in [5.74, 6) is 1.51. The lowest BCUT2D eigenvalue weighted by Crippen LogP contribution is -2.17. The Morgan fingerprint density at radius 1 is 1.37 bits per heavy atom. The highest BCUT2D eigenvalue weighted by Crippen LogP contribution is 2.39. The summed E-state index contributed by atoms with van der Waals surface area (Å²) in [6.45, 7) is 8.57. The summed E-state index contributed by atoms with van der Waals surface area (Å²) in [5, 5.41) is 3.00. The lowest BCUT2D eigenvalue weighted by Gasteiger charge is -2.21. The Labute approximate surface area is 115 Å². The van der Waals surface area contributed by atoms with E-state index in [4.69, 9.17) is 4.74 Å². The number of carbonyl (C=O) groups is 1. The molecule has 0 unspecified atom stereocenters. The van der Waals surface area contributed by atoms with Gasteiger partial charge in [0.2, 0.25) is 5.91 Å². The third-order valence-electron chi connectivity index (χ3n) is 3.77.